The zero-order valence-electron chi connectivity index (χ0n) is 19.4. The van der Waals surface area contributed by atoms with Gasteiger partial charge in [0.1, 0.15) is 23.6 Å². The van der Waals surface area contributed by atoms with Gasteiger partial charge < -0.3 is 25.5 Å². The first-order valence-electron chi connectivity index (χ1n) is 10.9. The Balaban J connectivity index is 1.82. The van der Waals surface area contributed by atoms with Crippen LogP contribution in [0.15, 0.2) is 42.2 Å². The number of aliphatic hydroxyl groups is 1. The first-order valence-corrected chi connectivity index (χ1v) is 12.8. The predicted octanol–water partition coefficient (Wildman–Crippen LogP) is 2.13. The summed E-state index contributed by atoms with van der Waals surface area (Å²) in [5.41, 5.74) is -1.60. The van der Waals surface area contributed by atoms with Crippen molar-refractivity contribution in [3.05, 3.63) is 75.6 Å². The van der Waals surface area contributed by atoms with Gasteiger partial charge in [0.05, 0.1) is 22.7 Å². The number of amides is 4. The van der Waals surface area contributed by atoms with Gasteiger partial charge in [0.25, 0.3) is 5.91 Å². The number of nitrogens with one attached hydrogen (secondary N) is 2. The molecule has 1 aliphatic heterocycles. The van der Waals surface area contributed by atoms with Crippen LogP contribution in [0.1, 0.15) is 22.7 Å². The van der Waals surface area contributed by atoms with Gasteiger partial charge in [-0.05, 0) is 29.8 Å². The van der Waals surface area contributed by atoms with E-state index in [2.05, 4.69) is 10.6 Å². The third-order valence-electron chi connectivity index (χ3n) is 5.71. The number of nitriles is 1. The number of carbonyl (C=O) groups is 3. The van der Waals surface area contributed by atoms with Crippen molar-refractivity contribution < 1.29 is 42.6 Å². The average Bonchev–Trinajstić information content (AvgIpc) is 3.38. The number of aromatic nitrogens is 1. The summed E-state index contributed by atoms with van der Waals surface area (Å²) < 4.78 is 41.4. The van der Waals surface area contributed by atoms with Crippen LogP contribution < -0.4 is 10.6 Å². The largest absolute Gasteiger partial charge is 0.434 e. The molecule has 0 aliphatic carbocycles. The number of fused-ring (bicyclic) bond motifs is 1. The van der Waals surface area contributed by atoms with Crippen LogP contribution in [0.4, 0.5) is 13.6 Å². The number of carbonyl (C=O) groups excluding carboxylic acids is 3. The third kappa shape index (κ3) is 5.14. The lowest BCUT2D eigenvalue weighted by Gasteiger charge is -2.24. The van der Waals surface area contributed by atoms with Crippen LogP contribution in [0, 0.1) is 23.0 Å². The summed E-state index contributed by atoms with van der Waals surface area (Å²) >= 11 is 5.77. The molecule has 0 spiro atoms. The number of hydrogen-bond donors (Lipinski definition) is 5. The van der Waals surface area contributed by atoms with Gasteiger partial charge in [0.15, 0.2) is 5.82 Å². The van der Waals surface area contributed by atoms with E-state index in [4.69, 9.17) is 22.0 Å². The van der Waals surface area contributed by atoms with E-state index < -0.39 is 66.1 Å². The molecule has 39 heavy (non-hydrogen) atoms. The van der Waals surface area contributed by atoms with Crippen LogP contribution in [0.25, 0.3) is 17.0 Å². The topological polar surface area (TPSA) is 185 Å². The number of nitrogens with zero attached hydrogens (tertiary/aromatic N) is 3. The predicted molar refractivity (Wildman–Crippen MR) is 132 cm³/mol. The summed E-state index contributed by atoms with van der Waals surface area (Å²) in [7, 11) is -5.09. The van der Waals surface area contributed by atoms with E-state index in [1.165, 1.54) is 12.1 Å². The summed E-state index contributed by atoms with van der Waals surface area (Å²) in [6.07, 6.45) is 1.88. The van der Waals surface area contributed by atoms with Crippen molar-refractivity contribution in [3.8, 4) is 6.07 Å². The SMILES string of the molecule is N#Cc1ccc(C(C(=O)NCCO)N2C(=O)NC(=Cc3cn(P(=O)(O)O)c4c(F)c(Cl)ccc34)C2=O)cc1F. The van der Waals surface area contributed by atoms with E-state index >= 15 is 0 Å². The van der Waals surface area contributed by atoms with Crippen molar-refractivity contribution in [1.82, 2.24) is 19.9 Å². The zero-order chi connectivity index (χ0) is 28.6. The molecule has 0 radical (unpaired) electrons. The highest BCUT2D eigenvalue weighted by Gasteiger charge is 2.43. The first-order chi connectivity index (χ1) is 18.4. The number of imide groups is 1. The van der Waals surface area contributed by atoms with Crippen molar-refractivity contribution in [1.29, 1.82) is 5.26 Å². The molecule has 1 atom stereocenters. The maximum atomic E-state index is 14.7. The summed E-state index contributed by atoms with van der Waals surface area (Å²) in [5, 5.41) is 22.1. The fraction of sp³-hybridized carbons (Fsp3) is 0.130. The second kappa shape index (κ2) is 10.6. The molecule has 4 rings (SSSR count). The molecular weight excluding hydrogens is 563 g/mol. The van der Waals surface area contributed by atoms with Crippen LogP contribution in [0.5, 0.6) is 0 Å². The molecule has 1 aliphatic rings. The molecule has 12 nitrogen and oxygen atoms in total. The molecule has 1 unspecified atom stereocenters. The minimum absolute atomic E-state index is 0.0559. The van der Waals surface area contributed by atoms with E-state index in [-0.39, 0.29) is 28.6 Å². The highest BCUT2D eigenvalue weighted by molar-refractivity contribution is 7.50. The Labute approximate surface area is 222 Å². The third-order valence-corrected chi connectivity index (χ3v) is 6.88. The number of urea groups is 1. The Kier molecular flexibility index (Phi) is 7.56. The minimum atomic E-state index is -5.09. The van der Waals surface area contributed by atoms with Crippen LogP contribution in [-0.4, -0.2) is 55.1 Å². The van der Waals surface area contributed by atoms with Gasteiger partial charge in [0.2, 0.25) is 5.91 Å². The lowest BCUT2D eigenvalue weighted by Crippen LogP contribution is -2.44. The van der Waals surface area contributed by atoms with E-state index in [0.29, 0.717) is 9.24 Å². The summed E-state index contributed by atoms with van der Waals surface area (Å²) in [6.45, 7) is -0.730. The molecule has 4 amide bonds. The van der Waals surface area contributed by atoms with Gasteiger partial charge in [-0.15, -0.1) is 0 Å². The number of benzene rings is 2. The Bertz CT molecular complexity index is 1660. The van der Waals surface area contributed by atoms with Crippen molar-refractivity contribution >= 4 is 54.2 Å². The Morgan fingerprint density at radius 3 is 2.59 bits per heavy atom. The first kappa shape index (κ1) is 27.9. The number of aliphatic hydroxyl groups excluding tert-OH is 1. The van der Waals surface area contributed by atoms with Gasteiger partial charge in [-0.1, -0.05) is 23.7 Å². The molecule has 202 valence electrons. The fourth-order valence-electron chi connectivity index (χ4n) is 4.01. The van der Waals surface area contributed by atoms with Gasteiger partial charge >= 0.3 is 13.8 Å². The summed E-state index contributed by atoms with van der Waals surface area (Å²) in [6, 6.07) is 4.20. The van der Waals surface area contributed by atoms with Gasteiger partial charge in [0, 0.05) is 23.7 Å². The quantitative estimate of drug-likeness (QED) is 0.160. The fourth-order valence-corrected chi connectivity index (χ4v) is 4.89. The average molecular weight is 580 g/mol. The standard InChI is InChI=1S/C23H17ClF2N5O7P/c24-15-4-3-14-13(10-30(39(36,37)38)20(14)18(15)26)8-17-22(34)31(23(35)29-17)19(21(33)28-5-6-32)11-1-2-12(9-27)16(25)7-11/h1-4,7-8,10,19,32H,5-6H2,(H,28,33)(H,29,35)(H2,36,37,38). The number of halogens is 3. The Hall–Kier alpha value is -4.12. The summed E-state index contributed by atoms with van der Waals surface area (Å²) in [4.78, 5) is 59.0. The lowest BCUT2D eigenvalue weighted by atomic mass is 10.0. The molecule has 1 fully saturated rings. The Morgan fingerprint density at radius 1 is 1.26 bits per heavy atom. The van der Waals surface area contributed by atoms with E-state index in [1.807, 2.05) is 0 Å². The molecule has 3 aromatic rings. The van der Waals surface area contributed by atoms with Crippen molar-refractivity contribution in [2.45, 2.75) is 6.04 Å². The van der Waals surface area contributed by atoms with Crippen molar-refractivity contribution in [2.24, 2.45) is 0 Å². The second-order valence-electron chi connectivity index (χ2n) is 8.13. The van der Waals surface area contributed by atoms with Gasteiger partial charge in [-0.2, -0.15) is 5.26 Å². The monoisotopic (exact) mass is 579 g/mol. The van der Waals surface area contributed by atoms with E-state index in [1.54, 1.807) is 6.07 Å². The molecule has 1 aromatic heterocycles. The van der Waals surface area contributed by atoms with Crippen LogP contribution in [0.3, 0.4) is 0 Å². The highest BCUT2D eigenvalue weighted by atomic mass is 35.5. The molecule has 16 heteroatoms. The molecule has 5 N–H and O–H groups in total. The van der Waals surface area contributed by atoms with Gasteiger partial charge in [-0.3, -0.25) is 13.9 Å². The minimum Gasteiger partial charge on any atom is -0.395 e. The summed E-state index contributed by atoms with van der Waals surface area (Å²) in [5.74, 6) is -4.18. The number of hydrogen-bond acceptors (Lipinski definition) is 6. The van der Waals surface area contributed by atoms with Crippen molar-refractivity contribution in [3.63, 3.8) is 0 Å². The van der Waals surface area contributed by atoms with Crippen LogP contribution in [-0.2, 0) is 14.2 Å². The smallest absolute Gasteiger partial charge is 0.395 e. The molecular formula is C23H17ClF2N5O7P. The zero-order valence-corrected chi connectivity index (χ0v) is 21.1. The van der Waals surface area contributed by atoms with Gasteiger partial charge in [-0.25, -0.2) is 23.0 Å². The maximum absolute atomic E-state index is 14.7. The molecule has 2 heterocycles. The molecule has 1 saturated heterocycles. The second-order valence-corrected chi connectivity index (χ2v) is 10.00. The van der Waals surface area contributed by atoms with E-state index in [9.17, 15) is 37.5 Å². The molecule has 2 aromatic carbocycles. The normalized spacial score (nSPS) is 15.5. The molecule has 0 bridgehead atoms. The van der Waals surface area contributed by atoms with Crippen LogP contribution >= 0.6 is 19.3 Å². The molecule has 0 saturated carbocycles. The Morgan fingerprint density at radius 2 is 1.97 bits per heavy atom. The lowest BCUT2D eigenvalue weighted by molar-refractivity contribution is -0.133. The van der Waals surface area contributed by atoms with E-state index in [0.717, 1.165) is 30.5 Å². The maximum Gasteiger partial charge on any atom is 0.434 e. The number of rotatable bonds is 7. The van der Waals surface area contributed by atoms with Crippen LogP contribution in [0.2, 0.25) is 5.02 Å². The van der Waals surface area contributed by atoms with Crippen molar-refractivity contribution in [2.75, 3.05) is 13.2 Å². The highest BCUT2D eigenvalue weighted by Crippen LogP contribution is 2.44.